The first-order valence-corrected chi connectivity index (χ1v) is 7.92. The van der Waals surface area contributed by atoms with Gasteiger partial charge in [-0.05, 0) is 39.2 Å². The third kappa shape index (κ3) is 2.86. The number of methoxy groups -OCH3 is 1. The van der Waals surface area contributed by atoms with Crippen molar-refractivity contribution in [1.82, 2.24) is 0 Å². The van der Waals surface area contributed by atoms with Gasteiger partial charge in [-0.25, -0.2) is 0 Å². The zero-order valence-corrected chi connectivity index (χ0v) is 14.3. The van der Waals surface area contributed by atoms with Crippen LogP contribution in [0, 0.1) is 0 Å². The van der Waals surface area contributed by atoms with Crippen molar-refractivity contribution in [2.75, 3.05) is 13.7 Å². The summed E-state index contributed by atoms with van der Waals surface area (Å²) in [5.74, 6) is 0.623. The minimum atomic E-state index is -0.409. The first kappa shape index (κ1) is 16.3. The number of esters is 1. The number of hydrogen-bond acceptors (Lipinski definition) is 5. The van der Waals surface area contributed by atoms with E-state index in [0.29, 0.717) is 13.0 Å². The number of benzene rings is 1. The van der Waals surface area contributed by atoms with Crippen LogP contribution in [0.1, 0.15) is 45.6 Å². The molecule has 1 fully saturated rings. The van der Waals surface area contributed by atoms with Crippen LogP contribution in [0.3, 0.4) is 0 Å². The van der Waals surface area contributed by atoms with Gasteiger partial charge in [0.2, 0.25) is 0 Å². The van der Waals surface area contributed by atoms with E-state index in [1.165, 1.54) is 7.11 Å². The van der Waals surface area contributed by atoms with Crippen LogP contribution in [-0.4, -0.2) is 38.0 Å². The predicted octanol–water partition coefficient (Wildman–Crippen LogP) is 2.02. The molecule has 23 heavy (non-hydrogen) atoms. The summed E-state index contributed by atoms with van der Waals surface area (Å²) >= 11 is 0. The van der Waals surface area contributed by atoms with E-state index in [4.69, 9.17) is 18.8 Å². The van der Waals surface area contributed by atoms with Crippen LogP contribution in [0.2, 0.25) is 0 Å². The highest BCUT2D eigenvalue weighted by Crippen LogP contribution is 2.38. The maximum absolute atomic E-state index is 11.5. The van der Waals surface area contributed by atoms with Crippen molar-refractivity contribution in [3.8, 4) is 5.75 Å². The summed E-state index contributed by atoms with van der Waals surface area (Å²) in [6.45, 7) is 8.62. The monoisotopic (exact) mass is 318 g/mol. The molecule has 0 aliphatic carbocycles. The maximum atomic E-state index is 11.5. The summed E-state index contributed by atoms with van der Waals surface area (Å²) in [6, 6.07) is 5.94. The fourth-order valence-corrected chi connectivity index (χ4v) is 2.87. The Hall–Kier alpha value is -1.53. The average molecular weight is 318 g/mol. The Kier molecular flexibility index (Phi) is 3.93. The third-order valence-corrected chi connectivity index (χ3v) is 5.08. The SMILES string of the molecule is COC(=O)C[C@@H]1COc2cc(B3OC(C)(C)C(C)(C)O3)ccc21. The summed E-state index contributed by atoms with van der Waals surface area (Å²) < 4.78 is 22.6. The van der Waals surface area contributed by atoms with Crippen molar-refractivity contribution in [3.05, 3.63) is 23.8 Å². The van der Waals surface area contributed by atoms with Crippen molar-refractivity contribution in [3.63, 3.8) is 0 Å². The smallest absolute Gasteiger partial charge is 0.493 e. The third-order valence-electron chi connectivity index (χ3n) is 5.08. The lowest BCUT2D eigenvalue weighted by Gasteiger charge is -2.32. The van der Waals surface area contributed by atoms with Crippen molar-refractivity contribution in [2.45, 2.75) is 51.2 Å². The Labute approximate surface area is 137 Å². The molecule has 0 bridgehead atoms. The van der Waals surface area contributed by atoms with Crippen LogP contribution >= 0.6 is 0 Å². The molecule has 1 saturated heterocycles. The molecule has 0 radical (unpaired) electrons. The molecular formula is C17H23BO5. The van der Waals surface area contributed by atoms with Crippen LogP contribution in [-0.2, 0) is 18.8 Å². The Morgan fingerprint density at radius 1 is 1.26 bits per heavy atom. The minimum Gasteiger partial charge on any atom is -0.493 e. The molecule has 5 nitrogen and oxygen atoms in total. The van der Waals surface area contributed by atoms with Gasteiger partial charge in [0.05, 0.1) is 31.3 Å². The van der Waals surface area contributed by atoms with Crippen LogP contribution in [0.25, 0.3) is 0 Å². The van der Waals surface area contributed by atoms with Crippen LogP contribution < -0.4 is 10.2 Å². The summed E-state index contributed by atoms with van der Waals surface area (Å²) in [4.78, 5) is 11.5. The van der Waals surface area contributed by atoms with Crippen LogP contribution in [0.5, 0.6) is 5.75 Å². The van der Waals surface area contributed by atoms with Gasteiger partial charge < -0.3 is 18.8 Å². The van der Waals surface area contributed by atoms with E-state index in [1.54, 1.807) is 0 Å². The fourth-order valence-electron chi connectivity index (χ4n) is 2.87. The first-order valence-electron chi connectivity index (χ1n) is 7.92. The number of rotatable bonds is 3. The highest BCUT2D eigenvalue weighted by molar-refractivity contribution is 6.62. The molecule has 1 aromatic carbocycles. The highest BCUT2D eigenvalue weighted by atomic mass is 16.7. The van der Waals surface area contributed by atoms with Gasteiger partial charge in [0.15, 0.2) is 0 Å². The lowest BCUT2D eigenvalue weighted by molar-refractivity contribution is -0.141. The van der Waals surface area contributed by atoms with E-state index in [1.807, 2.05) is 45.9 Å². The standard InChI is InChI=1S/C17H23BO5/c1-16(2)17(3,4)23-18(22-16)12-6-7-13-11(8-15(19)20-5)10-21-14(13)9-12/h6-7,9,11H,8,10H2,1-5H3/t11-/m1/s1. The van der Waals surface area contributed by atoms with Gasteiger partial charge in [0.25, 0.3) is 0 Å². The zero-order chi connectivity index (χ0) is 16.8. The van der Waals surface area contributed by atoms with Gasteiger partial charge in [0, 0.05) is 11.5 Å². The van der Waals surface area contributed by atoms with Gasteiger partial charge in [-0.2, -0.15) is 0 Å². The number of carbonyl (C=O) groups is 1. The maximum Gasteiger partial charge on any atom is 0.494 e. The molecule has 3 rings (SSSR count). The van der Waals surface area contributed by atoms with Gasteiger partial charge in [0.1, 0.15) is 5.75 Å². The van der Waals surface area contributed by atoms with Crippen LogP contribution in [0.4, 0.5) is 0 Å². The fraction of sp³-hybridized carbons (Fsp3) is 0.588. The Bertz CT molecular complexity index is 609. The van der Waals surface area contributed by atoms with Crippen molar-refractivity contribution in [2.24, 2.45) is 0 Å². The molecule has 0 saturated carbocycles. The van der Waals surface area contributed by atoms with Crippen molar-refractivity contribution in [1.29, 1.82) is 0 Å². The predicted molar refractivity (Wildman–Crippen MR) is 87.0 cm³/mol. The molecule has 2 heterocycles. The van der Waals surface area contributed by atoms with E-state index in [-0.39, 0.29) is 23.1 Å². The van der Waals surface area contributed by atoms with E-state index in [9.17, 15) is 4.79 Å². The molecule has 0 amide bonds. The minimum absolute atomic E-state index is 0.0461. The molecule has 1 aromatic rings. The quantitative estimate of drug-likeness (QED) is 0.630. The number of ether oxygens (including phenoxy) is 2. The second-order valence-electron chi connectivity index (χ2n) is 7.17. The molecule has 124 valence electrons. The number of hydrogen-bond donors (Lipinski definition) is 0. The summed E-state index contributed by atoms with van der Waals surface area (Å²) in [5, 5.41) is 0. The Balaban J connectivity index is 1.80. The number of carbonyl (C=O) groups excluding carboxylic acids is 1. The molecule has 1 atom stereocenters. The van der Waals surface area contributed by atoms with Gasteiger partial charge in [-0.15, -0.1) is 0 Å². The largest absolute Gasteiger partial charge is 0.494 e. The van der Waals surface area contributed by atoms with Gasteiger partial charge in [-0.1, -0.05) is 12.1 Å². The Morgan fingerprint density at radius 2 is 1.91 bits per heavy atom. The summed E-state index contributed by atoms with van der Waals surface area (Å²) in [6.07, 6.45) is 0.333. The van der Waals surface area contributed by atoms with Crippen molar-refractivity contribution >= 4 is 18.6 Å². The lowest BCUT2D eigenvalue weighted by atomic mass is 9.78. The van der Waals surface area contributed by atoms with E-state index in [0.717, 1.165) is 16.8 Å². The van der Waals surface area contributed by atoms with E-state index < -0.39 is 7.12 Å². The molecule has 2 aliphatic rings. The molecule has 6 heteroatoms. The van der Waals surface area contributed by atoms with E-state index >= 15 is 0 Å². The van der Waals surface area contributed by atoms with E-state index in [2.05, 4.69) is 0 Å². The first-order chi connectivity index (χ1) is 10.7. The Morgan fingerprint density at radius 3 is 2.52 bits per heavy atom. The molecule has 2 aliphatic heterocycles. The summed E-state index contributed by atoms with van der Waals surface area (Å²) in [5.41, 5.74) is 1.23. The second kappa shape index (κ2) is 5.53. The molecular weight excluding hydrogens is 295 g/mol. The van der Waals surface area contributed by atoms with Gasteiger partial charge >= 0.3 is 13.1 Å². The highest BCUT2D eigenvalue weighted by Gasteiger charge is 2.51. The molecule has 0 spiro atoms. The summed E-state index contributed by atoms with van der Waals surface area (Å²) in [7, 11) is 0.994. The van der Waals surface area contributed by atoms with Gasteiger partial charge in [-0.3, -0.25) is 4.79 Å². The molecule has 0 unspecified atom stereocenters. The normalized spacial score (nSPS) is 24.2. The average Bonchev–Trinajstić information content (AvgIpc) is 2.97. The molecule has 0 N–H and O–H groups in total. The number of fused-ring (bicyclic) bond motifs is 1. The lowest BCUT2D eigenvalue weighted by Crippen LogP contribution is -2.41. The molecule has 0 aromatic heterocycles. The zero-order valence-electron chi connectivity index (χ0n) is 14.3. The van der Waals surface area contributed by atoms with Crippen LogP contribution in [0.15, 0.2) is 18.2 Å². The van der Waals surface area contributed by atoms with Crippen molar-refractivity contribution < 1.29 is 23.6 Å². The second-order valence-corrected chi connectivity index (χ2v) is 7.17. The topological polar surface area (TPSA) is 54.0 Å².